The molecule has 4 nitrogen and oxygen atoms in total. The number of nitrogens with zero attached hydrogens (tertiary/aromatic N) is 1. The van der Waals surface area contributed by atoms with Crippen LogP contribution in [0.4, 0.5) is 4.39 Å². The maximum atomic E-state index is 13.1. The zero-order valence-electron chi connectivity index (χ0n) is 11.0. The highest BCUT2D eigenvalue weighted by Crippen LogP contribution is 2.09. The number of amides is 2. The van der Waals surface area contributed by atoms with Gasteiger partial charge in [-0.3, -0.25) is 9.59 Å². The summed E-state index contributed by atoms with van der Waals surface area (Å²) >= 11 is 0. The first-order valence-electron chi connectivity index (χ1n) is 5.61. The molecule has 2 amide bonds. The summed E-state index contributed by atoms with van der Waals surface area (Å²) in [5, 5.41) is 2.57. The Morgan fingerprint density at radius 1 is 1.33 bits per heavy atom. The first kappa shape index (κ1) is 14.2. The highest BCUT2D eigenvalue weighted by molar-refractivity contribution is 5.97. The van der Waals surface area contributed by atoms with Gasteiger partial charge < -0.3 is 10.2 Å². The van der Waals surface area contributed by atoms with E-state index >= 15 is 0 Å². The summed E-state index contributed by atoms with van der Waals surface area (Å²) in [7, 11) is 3.24. The summed E-state index contributed by atoms with van der Waals surface area (Å²) in [5.74, 6) is -0.938. The molecule has 0 saturated heterocycles. The van der Waals surface area contributed by atoms with Crippen LogP contribution in [-0.4, -0.2) is 36.9 Å². The lowest BCUT2D eigenvalue weighted by atomic mass is 10.1. The Hall–Kier alpha value is -1.91. The highest BCUT2D eigenvalue weighted by Gasteiger charge is 2.18. The van der Waals surface area contributed by atoms with Crippen LogP contribution in [0, 0.1) is 12.7 Å². The molecule has 1 unspecified atom stereocenters. The molecule has 1 aromatic rings. The molecular weight excluding hydrogens is 235 g/mol. The highest BCUT2D eigenvalue weighted by atomic mass is 19.1. The van der Waals surface area contributed by atoms with E-state index in [-0.39, 0.29) is 17.6 Å². The minimum atomic E-state index is -0.613. The van der Waals surface area contributed by atoms with Crippen LogP contribution < -0.4 is 5.32 Å². The van der Waals surface area contributed by atoms with Crippen LogP contribution in [0.2, 0.25) is 0 Å². The van der Waals surface area contributed by atoms with Gasteiger partial charge >= 0.3 is 0 Å². The predicted molar refractivity (Wildman–Crippen MR) is 66.8 cm³/mol. The number of benzene rings is 1. The molecule has 0 heterocycles. The van der Waals surface area contributed by atoms with E-state index in [2.05, 4.69) is 5.32 Å². The molecule has 0 aliphatic carbocycles. The number of nitrogens with one attached hydrogen (secondary N) is 1. The molecule has 1 rings (SSSR count). The van der Waals surface area contributed by atoms with Crippen molar-refractivity contribution in [3.8, 4) is 0 Å². The van der Waals surface area contributed by atoms with E-state index in [4.69, 9.17) is 0 Å². The van der Waals surface area contributed by atoms with Crippen LogP contribution in [0.25, 0.3) is 0 Å². The molecule has 0 aromatic heterocycles. The maximum absolute atomic E-state index is 13.1. The lowest BCUT2D eigenvalue weighted by molar-refractivity contribution is -0.130. The molecule has 5 heteroatoms. The Labute approximate surface area is 106 Å². The summed E-state index contributed by atoms with van der Waals surface area (Å²) < 4.78 is 13.1. The summed E-state index contributed by atoms with van der Waals surface area (Å²) in [6, 6.07) is 3.47. The summed E-state index contributed by atoms with van der Waals surface area (Å²) in [6.07, 6.45) is 0. The van der Waals surface area contributed by atoms with Gasteiger partial charge in [-0.15, -0.1) is 0 Å². The van der Waals surface area contributed by atoms with Crippen molar-refractivity contribution >= 4 is 11.8 Å². The van der Waals surface area contributed by atoms with Crippen molar-refractivity contribution in [2.45, 2.75) is 19.9 Å². The molecule has 0 bridgehead atoms. The van der Waals surface area contributed by atoms with Crippen molar-refractivity contribution in [2.75, 3.05) is 14.1 Å². The number of carbonyl (C=O) groups excluding carboxylic acids is 2. The Morgan fingerprint density at radius 2 is 1.94 bits per heavy atom. The molecule has 1 atom stereocenters. The molecule has 0 aliphatic heterocycles. The van der Waals surface area contributed by atoms with Gasteiger partial charge in [0, 0.05) is 19.7 Å². The number of aryl methyl sites for hydroxylation is 1. The number of rotatable bonds is 3. The van der Waals surface area contributed by atoms with Crippen LogP contribution in [0.3, 0.4) is 0 Å². The molecule has 98 valence electrons. The largest absolute Gasteiger partial charge is 0.347 e. The van der Waals surface area contributed by atoms with E-state index in [1.807, 2.05) is 0 Å². The van der Waals surface area contributed by atoms with Gasteiger partial charge in [0.2, 0.25) is 5.91 Å². The molecule has 0 spiro atoms. The van der Waals surface area contributed by atoms with Gasteiger partial charge in [-0.05, 0) is 37.6 Å². The quantitative estimate of drug-likeness (QED) is 0.882. The lowest BCUT2D eigenvalue weighted by Crippen LogP contribution is -2.44. The number of hydrogen-bond acceptors (Lipinski definition) is 2. The van der Waals surface area contributed by atoms with Gasteiger partial charge in [0.25, 0.3) is 5.91 Å². The number of halogens is 1. The SMILES string of the molecule is Cc1cc(C(=O)NC(C)C(=O)N(C)C)ccc1F. The van der Waals surface area contributed by atoms with Crippen molar-refractivity contribution in [1.29, 1.82) is 0 Å². The second-order valence-corrected chi connectivity index (χ2v) is 4.39. The van der Waals surface area contributed by atoms with Crippen molar-refractivity contribution in [2.24, 2.45) is 0 Å². The first-order chi connectivity index (χ1) is 8.32. The molecule has 0 fully saturated rings. The average molecular weight is 252 g/mol. The van der Waals surface area contributed by atoms with E-state index < -0.39 is 6.04 Å². The summed E-state index contributed by atoms with van der Waals surface area (Å²) in [4.78, 5) is 24.8. The van der Waals surface area contributed by atoms with Gasteiger partial charge in [-0.25, -0.2) is 4.39 Å². The zero-order chi connectivity index (χ0) is 13.9. The third-order valence-corrected chi connectivity index (χ3v) is 2.58. The van der Waals surface area contributed by atoms with Crippen LogP contribution in [0.5, 0.6) is 0 Å². The Morgan fingerprint density at radius 3 is 2.44 bits per heavy atom. The Kier molecular flexibility index (Phi) is 4.42. The van der Waals surface area contributed by atoms with Gasteiger partial charge in [-0.1, -0.05) is 0 Å². The fourth-order valence-electron chi connectivity index (χ4n) is 1.51. The number of likely N-dealkylation sites (N-methyl/N-ethyl adjacent to an activating group) is 1. The second kappa shape index (κ2) is 5.62. The van der Waals surface area contributed by atoms with E-state index in [1.165, 1.54) is 23.1 Å². The molecule has 1 aromatic carbocycles. The Bertz CT molecular complexity index is 472. The minimum absolute atomic E-state index is 0.192. The molecule has 1 N–H and O–H groups in total. The molecular formula is C13H17FN2O2. The van der Waals surface area contributed by atoms with Gasteiger partial charge in [0.15, 0.2) is 0 Å². The second-order valence-electron chi connectivity index (χ2n) is 4.39. The van der Waals surface area contributed by atoms with Crippen LogP contribution in [-0.2, 0) is 4.79 Å². The molecule has 0 radical (unpaired) electrons. The van der Waals surface area contributed by atoms with E-state index in [0.717, 1.165) is 0 Å². The maximum Gasteiger partial charge on any atom is 0.251 e. The molecule has 0 aliphatic rings. The number of carbonyl (C=O) groups is 2. The van der Waals surface area contributed by atoms with Crippen LogP contribution in [0.1, 0.15) is 22.8 Å². The fourth-order valence-corrected chi connectivity index (χ4v) is 1.51. The van der Waals surface area contributed by atoms with E-state index in [0.29, 0.717) is 11.1 Å². The topological polar surface area (TPSA) is 49.4 Å². The standard InChI is InChI=1S/C13H17FN2O2/c1-8-7-10(5-6-11(8)14)12(17)15-9(2)13(18)16(3)4/h5-7,9H,1-4H3,(H,15,17). The third kappa shape index (κ3) is 3.29. The fraction of sp³-hybridized carbons (Fsp3) is 0.385. The summed E-state index contributed by atoms with van der Waals surface area (Å²) in [5.41, 5.74) is 0.738. The van der Waals surface area contributed by atoms with Crippen LogP contribution in [0.15, 0.2) is 18.2 Å². The predicted octanol–water partition coefficient (Wildman–Crippen LogP) is 1.34. The average Bonchev–Trinajstić information content (AvgIpc) is 2.31. The normalized spacial score (nSPS) is 11.8. The lowest BCUT2D eigenvalue weighted by Gasteiger charge is -2.18. The Balaban J connectivity index is 2.76. The van der Waals surface area contributed by atoms with Crippen molar-refractivity contribution in [3.63, 3.8) is 0 Å². The minimum Gasteiger partial charge on any atom is -0.347 e. The zero-order valence-corrected chi connectivity index (χ0v) is 11.0. The van der Waals surface area contributed by atoms with Crippen LogP contribution >= 0.6 is 0 Å². The van der Waals surface area contributed by atoms with Gasteiger partial charge in [-0.2, -0.15) is 0 Å². The van der Waals surface area contributed by atoms with Crippen molar-refractivity contribution in [1.82, 2.24) is 10.2 Å². The number of hydrogen-bond donors (Lipinski definition) is 1. The summed E-state index contributed by atoms with van der Waals surface area (Å²) in [6.45, 7) is 3.19. The van der Waals surface area contributed by atoms with E-state index in [1.54, 1.807) is 27.9 Å². The van der Waals surface area contributed by atoms with Crippen molar-refractivity contribution < 1.29 is 14.0 Å². The first-order valence-corrected chi connectivity index (χ1v) is 5.61. The van der Waals surface area contributed by atoms with E-state index in [9.17, 15) is 14.0 Å². The smallest absolute Gasteiger partial charge is 0.251 e. The third-order valence-electron chi connectivity index (χ3n) is 2.58. The molecule has 0 saturated carbocycles. The van der Waals surface area contributed by atoms with Gasteiger partial charge in [0.1, 0.15) is 11.9 Å². The monoisotopic (exact) mass is 252 g/mol. The van der Waals surface area contributed by atoms with Gasteiger partial charge in [0.05, 0.1) is 0 Å². The molecule has 18 heavy (non-hydrogen) atoms. The van der Waals surface area contributed by atoms with Crippen molar-refractivity contribution in [3.05, 3.63) is 35.1 Å².